The number of fused-ring (bicyclic) bond motifs is 2. The summed E-state index contributed by atoms with van der Waals surface area (Å²) >= 11 is 0. The van der Waals surface area contributed by atoms with Gasteiger partial charge in [0.05, 0.1) is 30.8 Å². The van der Waals surface area contributed by atoms with Crippen molar-refractivity contribution in [3.8, 4) is 0 Å². The van der Waals surface area contributed by atoms with Gasteiger partial charge < -0.3 is 20.2 Å². The van der Waals surface area contributed by atoms with E-state index < -0.39 is 6.17 Å². The summed E-state index contributed by atoms with van der Waals surface area (Å²) in [6.07, 6.45) is 3.05. The molecular weight excluding hydrogens is 436 g/mol. The molecule has 3 aromatic carbocycles. The number of benzene rings is 3. The topological polar surface area (TPSA) is 89.2 Å². The number of imidazole rings is 1. The van der Waals surface area contributed by atoms with Crippen LogP contribution < -0.4 is 10.2 Å². The van der Waals surface area contributed by atoms with Gasteiger partial charge in [0, 0.05) is 33.9 Å². The first-order chi connectivity index (χ1) is 17.2. The van der Waals surface area contributed by atoms with Gasteiger partial charge >= 0.3 is 0 Å². The number of aromatic nitrogens is 3. The van der Waals surface area contributed by atoms with E-state index in [1.54, 1.807) is 6.33 Å². The number of para-hydroxylation sites is 2. The van der Waals surface area contributed by atoms with Gasteiger partial charge in [0.1, 0.15) is 11.9 Å². The van der Waals surface area contributed by atoms with Crippen LogP contribution in [0.1, 0.15) is 27.3 Å². The Hall–Kier alpha value is -4.65. The molecule has 0 spiro atoms. The van der Waals surface area contributed by atoms with E-state index in [1.165, 1.54) is 0 Å². The highest BCUT2D eigenvalue weighted by atomic mass is 16.2. The molecule has 0 bridgehead atoms. The van der Waals surface area contributed by atoms with Crippen LogP contribution in [-0.2, 0) is 6.54 Å². The number of carbonyl (C=O) groups is 1. The molecule has 0 saturated heterocycles. The number of anilines is 1. The molecule has 7 heteroatoms. The second kappa shape index (κ2) is 8.95. The number of amides is 1. The molecule has 7 nitrogen and oxygen atoms in total. The fourth-order valence-electron chi connectivity index (χ4n) is 4.58. The first kappa shape index (κ1) is 20.9. The minimum absolute atomic E-state index is 0.185. The third-order valence-electron chi connectivity index (χ3n) is 6.21. The van der Waals surface area contributed by atoms with Crippen LogP contribution in [-0.4, -0.2) is 39.3 Å². The number of hydrogen-bond acceptors (Lipinski definition) is 4. The normalized spacial score (nSPS) is 15.4. The summed E-state index contributed by atoms with van der Waals surface area (Å²) in [5, 5.41) is 4.16. The average molecular weight is 461 g/mol. The van der Waals surface area contributed by atoms with Crippen LogP contribution in [0.3, 0.4) is 0 Å². The number of hydrogen-bond donors (Lipinski definition) is 3. The first-order valence-electron chi connectivity index (χ1n) is 11.6. The Labute approximate surface area is 202 Å². The van der Waals surface area contributed by atoms with Gasteiger partial charge in [-0.25, -0.2) is 4.98 Å². The number of nitrogens with one attached hydrogen (secondary N) is 3. The highest BCUT2D eigenvalue weighted by Gasteiger charge is 2.26. The summed E-state index contributed by atoms with van der Waals surface area (Å²) in [4.78, 5) is 31.2. The van der Waals surface area contributed by atoms with Gasteiger partial charge in [0.2, 0.25) is 0 Å². The Bertz CT molecular complexity index is 1470. The zero-order chi connectivity index (χ0) is 23.6. The van der Waals surface area contributed by atoms with Crippen LogP contribution in [0.25, 0.3) is 10.9 Å². The zero-order valence-corrected chi connectivity index (χ0v) is 19.0. The number of nitrogens with zero attached hydrogens (tertiary/aromatic N) is 3. The molecule has 2 aromatic heterocycles. The van der Waals surface area contributed by atoms with E-state index >= 15 is 0 Å². The Balaban J connectivity index is 1.39. The van der Waals surface area contributed by atoms with Crippen molar-refractivity contribution in [1.29, 1.82) is 0 Å². The van der Waals surface area contributed by atoms with Crippen LogP contribution in [0.4, 0.5) is 5.69 Å². The highest BCUT2D eigenvalue weighted by molar-refractivity contribution is 6.16. The molecule has 1 amide bonds. The van der Waals surface area contributed by atoms with Gasteiger partial charge in [-0.15, -0.1) is 0 Å². The summed E-state index contributed by atoms with van der Waals surface area (Å²) < 4.78 is 0. The third kappa shape index (κ3) is 4.19. The number of aromatic amines is 2. The summed E-state index contributed by atoms with van der Waals surface area (Å²) in [5.41, 5.74) is 6.39. The summed E-state index contributed by atoms with van der Waals surface area (Å²) in [7, 11) is 0. The van der Waals surface area contributed by atoms with Gasteiger partial charge in [0.25, 0.3) is 5.91 Å². The number of H-pyrrole nitrogens is 2. The van der Waals surface area contributed by atoms with Crippen molar-refractivity contribution in [3.63, 3.8) is 0 Å². The molecule has 1 unspecified atom stereocenters. The van der Waals surface area contributed by atoms with Crippen molar-refractivity contribution in [2.24, 2.45) is 4.99 Å². The van der Waals surface area contributed by atoms with Crippen molar-refractivity contribution >= 4 is 28.2 Å². The van der Waals surface area contributed by atoms with E-state index in [4.69, 9.17) is 4.99 Å². The van der Waals surface area contributed by atoms with Gasteiger partial charge in [-0.05, 0) is 18.2 Å². The SMILES string of the molecule is O=C(NC1CN(Cc2cnc[nH]2)c2ccccc2C(c2ccccc2)=N1)c1cc2ccccc2[nH]1. The van der Waals surface area contributed by atoms with E-state index in [0.29, 0.717) is 18.8 Å². The molecule has 0 fully saturated rings. The van der Waals surface area contributed by atoms with Crippen LogP contribution in [0.15, 0.2) is 102 Å². The largest absolute Gasteiger partial charge is 0.361 e. The highest BCUT2D eigenvalue weighted by Crippen LogP contribution is 2.28. The van der Waals surface area contributed by atoms with Gasteiger partial charge in [0.15, 0.2) is 0 Å². The van der Waals surface area contributed by atoms with Crippen molar-refractivity contribution in [1.82, 2.24) is 20.3 Å². The van der Waals surface area contributed by atoms with Crippen molar-refractivity contribution < 1.29 is 4.79 Å². The van der Waals surface area contributed by atoms with Gasteiger partial charge in [-0.1, -0.05) is 66.7 Å². The minimum Gasteiger partial charge on any atom is -0.361 e. The number of aliphatic imine (C=N–C) groups is 1. The Morgan fingerprint density at radius 3 is 2.63 bits per heavy atom. The molecule has 3 N–H and O–H groups in total. The van der Waals surface area contributed by atoms with Crippen molar-refractivity contribution in [2.75, 3.05) is 11.4 Å². The lowest BCUT2D eigenvalue weighted by Gasteiger charge is -2.27. The van der Waals surface area contributed by atoms with E-state index in [9.17, 15) is 4.79 Å². The van der Waals surface area contributed by atoms with E-state index in [-0.39, 0.29) is 5.91 Å². The van der Waals surface area contributed by atoms with Crippen LogP contribution in [0.2, 0.25) is 0 Å². The molecule has 6 rings (SSSR count). The second-order valence-corrected chi connectivity index (χ2v) is 8.58. The lowest BCUT2D eigenvalue weighted by atomic mass is 10.0. The number of rotatable bonds is 5. The summed E-state index contributed by atoms with van der Waals surface area (Å²) in [5.74, 6) is -0.185. The van der Waals surface area contributed by atoms with Crippen LogP contribution >= 0.6 is 0 Å². The van der Waals surface area contributed by atoms with E-state index in [1.807, 2.05) is 66.9 Å². The maximum Gasteiger partial charge on any atom is 0.269 e. The number of benzodiazepines with no additional fused rings is 1. The molecule has 3 heterocycles. The predicted molar refractivity (Wildman–Crippen MR) is 138 cm³/mol. The zero-order valence-electron chi connectivity index (χ0n) is 19.0. The predicted octanol–water partition coefficient (Wildman–Crippen LogP) is 4.50. The Morgan fingerprint density at radius 1 is 1.00 bits per heavy atom. The molecule has 172 valence electrons. The molecule has 5 aromatic rings. The maximum absolute atomic E-state index is 13.3. The first-order valence-corrected chi connectivity index (χ1v) is 11.6. The number of carbonyl (C=O) groups excluding carboxylic acids is 1. The fourth-order valence-corrected chi connectivity index (χ4v) is 4.58. The molecule has 0 saturated carbocycles. The van der Waals surface area contributed by atoms with Gasteiger partial charge in [-0.2, -0.15) is 0 Å². The fraction of sp³-hybridized carbons (Fsp3) is 0.107. The third-order valence-corrected chi connectivity index (χ3v) is 6.21. The van der Waals surface area contributed by atoms with E-state index in [2.05, 4.69) is 49.4 Å². The van der Waals surface area contributed by atoms with E-state index in [0.717, 1.165) is 39.1 Å². The quantitative estimate of drug-likeness (QED) is 0.361. The molecule has 1 aliphatic heterocycles. The smallest absolute Gasteiger partial charge is 0.269 e. The Kier molecular flexibility index (Phi) is 5.35. The molecular formula is C28H24N6O. The van der Waals surface area contributed by atoms with Crippen LogP contribution in [0, 0.1) is 0 Å². The molecule has 1 aliphatic rings. The molecule has 35 heavy (non-hydrogen) atoms. The molecule has 1 atom stereocenters. The van der Waals surface area contributed by atoms with Gasteiger partial charge in [-0.3, -0.25) is 9.79 Å². The molecule has 0 aliphatic carbocycles. The lowest BCUT2D eigenvalue weighted by molar-refractivity contribution is 0.0935. The van der Waals surface area contributed by atoms with Crippen molar-refractivity contribution in [2.45, 2.75) is 12.7 Å². The summed E-state index contributed by atoms with van der Waals surface area (Å²) in [6, 6.07) is 28.1. The standard InChI is InChI=1S/C28H24N6O/c35-28(24-14-20-10-4-6-12-23(20)31-24)33-26-17-34(16-21-15-29-18-30-21)25-13-7-5-11-22(25)27(32-26)19-8-2-1-3-9-19/h1-15,18,26,31H,16-17H2,(H,29,30)(H,33,35). The second-order valence-electron chi connectivity index (χ2n) is 8.58. The lowest BCUT2D eigenvalue weighted by Crippen LogP contribution is -2.42. The average Bonchev–Trinajstić information content (AvgIpc) is 3.54. The minimum atomic E-state index is -0.459. The summed E-state index contributed by atoms with van der Waals surface area (Å²) in [6.45, 7) is 1.13. The maximum atomic E-state index is 13.3. The monoisotopic (exact) mass is 460 g/mol. The molecule has 0 radical (unpaired) electrons. The van der Waals surface area contributed by atoms with Crippen LogP contribution in [0.5, 0.6) is 0 Å². The Morgan fingerprint density at radius 2 is 1.80 bits per heavy atom. The van der Waals surface area contributed by atoms with Crippen molar-refractivity contribution in [3.05, 3.63) is 120 Å².